The quantitative estimate of drug-likeness (QED) is 0.818. The monoisotopic (exact) mass is 339 g/mol. The fourth-order valence-electron chi connectivity index (χ4n) is 1.79. The number of methoxy groups -OCH3 is 1. The number of carbonyl (C=O) groups excluding carboxylic acids is 2. The van der Waals surface area contributed by atoms with E-state index >= 15 is 0 Å². The van der Waals surface area contributed by atoms with Crippen LogP contribution in [0, 0.1) is 6.92 Å². The largest absolute Gasteiger partial charge is 0.496 e. The first-order valence-corrected chi connectivity index (χ1v) is 7.65. The Balaban J connectivity index is 1.95. The van der Waals surface area contributed by atoms with Gasteiger partial charge in [0, 0.05) is 17.9 Å². The Hall–Kier alpha value is -1.99. The Morgan fingerprint density at radius 1 is 1.32 bits per heavy atom. The molecule has 1 amide bonds. The van der Waals surface area contributed by atoms with Gasteiger partial charge in [0.1, 0.15) is 10.8 Å². The van der Waals surface area contributed by atoms with Crippen LogP contribution >= 0.6 is 22.9 Å². The number of benzene rings is 1. The zero-order valence-electron chi connectivity index (χ0n) is 12.1. The molecular formula is C14H14ClN3O3S. The van der Waals surface area contributed by atoms with Crippen molar-refractivity contribution in [2.75, 3.05) is 12.4 Å². The van der Waals surface area contributed by atoms with Crippen LogP contribution in [0.5, 0.6) is 5.75 Å². The molecule has 0 aliphatic rings. The van der Waals surface area contributed by atoms with Crippen LogP contribution in [0.25, 0.3) is 0 Å². The van der Waals surface area contributed by atoms with Gasteiger partial charge in [0.05, 0.1) is 12.7 Å². The number of nitrogens with zero attached hydrogens (tertiary/aromatic N) is 2. The lowest BCUT2D eigenvalue weighted by atomic mass is 10.1. The van der Waals surface area contributed by atoms with Crippen LogP contribution in [0.3, 0.4) is 0 Å². The van der Waals surface area contributed by atoms with Gasteiger partial charge in [-0.25, -0.2) is 0 Å². The van der Waals surface area contributed by atoms with E-state index in [1.54, 1.807) is 19.1 Å². The number of ketones is 1. The second-order valence-electron chi connectivity index (χ2n) is 4.44. The lowest BCUT2D eigenvalue weighted by molar-refractivity contribution is -0.116. The number of nitrogens with one attached hydrogen (secondary N) is 1. The summed E-state index contributed by atoms with van der Waals surface area (Å²) in [5, 5.41) is 11.8. The highest BCUT2D eigenvalue weighted by Gasteiger charge is 2.15. The summed E-state index contributed by atoms with van der Waals surface area (Å²) in [6.45, 7) is 1.79. The molecule has 1 N–H and O–H groups in total. The molecule has 1 heterocycles. The number of aromatic nitrogens is 2. The molecule has 0 unspecified atom stereocenters. The average Bonchev–Trinajstić information content (AvgIpc) is 2.89. The van der Waals surface area contributed by atoms with Gasteiger partial charge in [-0.3, -0.25) is 9.59 Å². The van der Waals surface area contributed by atoms with Crippen molar-refractivity contribution in [1.82, 2.24) is 10.2 Å². The Bertz CT molecular complexity index is 702. The van der Waals surface area contributed by atoms with Crippen LogP contribution in [-0.4, -0.2) is 29.0 Å². The van der Waals surface area contributed by atoms with Crippen molar-refractivity contribution in [2.24, 2.45) is 0 Å². The zero-order valence-corrected chi connectivity index (χ0v) is 13.6. The van der Waals surface area contributed by atoms with Crippen molar-refractivity contribution >= 4 is 39.8 Å². The summed E-state index contributed by atoms with van der Waals surface area (Å²) in [7, 11) is 1.48. The van der Waals surface area contributed by atoms with Gasteiger partial charge >= 0.3 is 0 Å². The number of halogens is 1. The number of ether oxygens (including phenoxy) is 1. The van der Waals surface area contributed by atoms with E-state index in [-0.39, 0.29) is 24.5 Å². The minimum absolute atomic E-state index is 0.0487. The number of anilines is 1. The smallest absolute Gasteiger partial charge is 0.226 e. The molecule has 0 saturated heterocycles. The van der Waals surface area contributed by atoms with Crippen LogP contribution in [-0.2, 0) is 4.79 Å². The number of amides is 1. The normalized spacial score (nSPS) is 10.3. The van der Waals surface area contributed by atoms with Crippen LogP contribution in [0.2, 0.25) is 5.02 Å². The third kappa shape index (κ3) is 4.25. The standard InChI is InChI=1S/C14H14ClN3O3S/c1-8-17-18-14(22-8)16-13(20)6-4-11(19)10-7-9(15)3-5-12(10)21-2/h3,5,7H,4,6H2,1-2H3,(H,16,18,20). The molecule has 8 heteroatoms. The molecular weight excluding hydrogens is 326 g/mol. The maximum atomic E-state index is 12.2. The van der Waals surface area contributed by atoms with Crippen LogP contribution in [0.15, 0.2) is 18.2 Å². The summed E-state index contributed by atoms with van der Waals surface area (Å²) in [5.74, 6) is -0.0528. The number of Topliss-reactive ketones (excluding diaryl/α,β-unsaturated/α-hetero) is 1. The second-order valence-corrected chi connectivity index (χ2v) is 6.06. The van der Waals surface area contributed by atoms with Gasteiger partial charge in [-0.2, -0.15) is 0 Å². The fraction of sp³-hybridized carbons (Fsp3) is 0.286. The molecule has 0 saturated carbocycles. The molecule has 1 aromatic heterocycles. The average molecular weight is 340 g/mol. The number of aryl methyl sites for hydroxylation is 1. The second kappa shape index (κ2) is 7.33. The lowest BCUT2D eigenvalue weighted by Gasteiger charge is -2.08. The molecule has 0 bridgehead atoms. The van der Waals surface area contributed by atoms with Crippen molar-refractivity contribution in [3.63, 3.8) is 0 Å². The van der Waals surface area contributed by atoms with Gasteiger partial charge < -0.3 is 10.1 Å². The van der Waals surface area contributed by atoms with Gasteiger partial charge in [-0.05, 0) is 25.1 Å². The van der Waals surface area contributed by atoms with E-state index in [0.717, 1.165) is 5.01 Å². The first-order valence-electron chi connectivity index (χ1n) is 6.46. The third-order valence-electron chi connectivity index (χ3n) is 2.81. The van der Waals surface area contributed by atoms with E-state index in [4.69, 9.17) is 16.3 Å². The Kier molecular flexibility index (Phi) is 5.46. The number of rotatable bonds is 6. The van der Waals surface area contributed by atoms with Gasteiger partial charge in [0.25, 0.3) is 0 Å². The van der Waals surface area contributed by atoms with Crippen molar-refractivity contribution in [3.8, 4) is 5.75 Å². The van der Waals surface area contributed by atoms with E-state index < -0.39 is 0 Å². The molecule has 2 aromatic rings. The Morgan fingerprint density at radius 3 is 2.73 bits per heavy atom. The molecule has 0 spiro atoms. The first-order chi connectivity index (χ1) is 10.5. The van der Waals surface area contributed by atoms with E-state index in [2.05, 4.69) is 15.5 Å². The number of carbonyl (C=O) groups is 2. The third-order valence-corrected chi connectivity index (χ3v) is 3.80. The Morgan fingerprint density at radius 2 is 2.09 bits per heavy atom. The number of hydrogen-bond donors (Lipinski definition) is 1. The molecule has 1 aromatic carbocycles. The molecule has 0 radical (unpaired) electrons. The highest BCUT2D eigenvalue weighted by Crippen LogP contribution is 2.24. The summed E-state index contributed by atoms with van der Waals surface area (Å²) in [6.07, 6.45) is 0.105. The SMILES string of the molecule is COc1ccc(Cl)cc1C(=O)CCC(=O)Nc1nnc(C)s1. The fourth-order valence-corrected chi connectivity index (χ4v) is 2.57. The van der Waals surface area contributed by atoms with Crippen molar-refractivity contribution < 1.29 is 14.3 Å². The minimum Gasteiger partial charge on any atom is -0.496 e. The van der Waals surface area contributed by atoms with Crippen molar-refractivity contribution in [2.45, 2.75) is 19.8 Å². The molecule has 0 fully saturated rings. The molecule has 22 heavy (non-hydrogen) atoms. The summed E-state index contributed by atoms with van der Waals surface area (Å²) in [4.78, 5) is 24.0. The zero-order chi connectivity index (χ0) is 16.1. The highest BCUT2D eigenvalue weighted by atomic mass is 35.5. The summed E-state index contributed by atoms with van der Waals surface area (Å²) in [5.41, 5.74) is 0.370. The summed E-state index contributed by atoms with van der Waals surface area (Å²) >= 11 is 7.17. The summed E-state index contributed by atoms with van der Waals surface area (Å²) in [6, 6.07) is 4.80. The molecule has 0 aliphatic carbocycles. The van der Waals surface area contributed by atoms with E-state index in [1.807, 2.05) is 0 Å². The lowest BCUT2D eigenvalue weighted by Crippen LogP contribution is -2.13. The van der Waals surface area contributed by atoms with E-state index in [0.29, 0.717) is 21.5 Å². The van der Waals surface area contributed by atoms with Gasteiger partial charge in [0.2, 0.25) is 11.0 Å². The molecule has 6 nitrogen and oxygen atoms in total. The van der Waals surface area contributed by atoms with Gasteiger partial charge in [0.15, 0.2) is 5.78 Å². The maximum Gasteiger partial charge on any atom is 0.226 e. The van der Waals surface area contributed by atoms with Crippen LogP contribution < -0.4 is 10.1 Å². The van der Waals surface area contributed by atoms with Gasteiger partial charge in [-0.1, -0.05) is 22.9 Å². The molecule has 0 atom stereocenters. The van der Waals surface area contributed by atoms with E-state index in [9.17, 15) is 9.59 Å². The van der Waals surface area contributed by atoms with Gasteiger partial charge in [-0.15, -0.1) is 10.2 Å². The highest BCUT2D eigenvalue weighted by molar-refractivity contribution is 7.15. The number of hydrogen-bond acceptors (Lipinski definition) is 6. The predicted molar refractivity (Wildman–Crippen MR) is 84.8 cm³/mol. The van der Waals surface area contributed by atoms with Crippen LogP contribution in [0.1, 0.15) is 28.2 Å². The Labute approximate surface area is 136 Å². The predicted octanol–water partition coefficient (Wildman–Crippen LogP) is 3.11. The molecule has 2 rings (SSSR count). The minimum atomic E-state index is -0.287. The first kappa shape index (κ1) is 16.4. The molecule has 116 valence electrons. The topological polar surface area (TPSA) is 81.2 Å². The van der Waals surface area contributed by atoms with E-state index in [1.165, 1.54) is 24.5 Å². The molecule has 0 aliphatic heterocycles. The summed E-state index contributed by atoms with van der Waals surface area (Å²) < 4.78 is 5.13. The van der Waals surface area contributed by atoms with Crippen molar-refractivity contribution in [3.05, 3.63) is 33.8 Å². The van der Waals surface area contributed by atoms with Crippen molar-refractivity contribution in [1.29, 1.82) is 0 Å². The maximum absolute atomic E-state index is 12.2. The van der Waals surface area contributed by atoms with Crippen LogP contribution in [0.4, 0.5) is 5.13 Å².